The Morgan fingerprint density at radius 2 is 2.56 bits per heavy atom. The first kappa shape index (κ1) is 11.1. The molecule has 0 aliphatic carbocycles. The lowest BCUT2D eigenvalue weighted by molar-refractivity contribution is 0.0990. The van der Waals surface area contributed by atoms with Crippen molar-refractivity contribution >= 4 is 5.91 Å². The molecule has 0 saturated carbocycles. The molecule has 0 bridgehead atoms. The molecule has 1 aliphatic rings. The molecule has 1 saturated heterocycles. The first-order chi connectivity index (χ1) is 7.72. The van der Waals surface area contributed by atoms with Crippen molar-refractivity contribution < 1.29 is 4.79 Å². The highest BCUT2D eigenvalue weighted by molar-refractivity contribution is 5.91. The number of nitrogens with zero attached hydrogens (tertiary/aromatic N) is 2. The van der Waals surface area contributed by atoms with Crippen molar-refractivity contribution in [2.75, 3.05) is 13.1 Å². The maximum absolute atomic E-state index is 11.2. The van der Waals surface area contributed by atoms with Crippen LogP contribution < -0.4 is 11.1 Å². The van der Waals surface area contributed by atoms with Crippen molar-refractivity contribution in [3.8, 4) is 0 Å². The van der Waals surface area contributed by atoms with Gasteiger partial charge in [0.2, 0.25) is 0 Å². The van der Waals surface area contributed by atoms with Gasteiger partial charge < -0.3 is 11.1 Å². The van der Waals surface area contributed by atoms with Gasteiger partial charge in [0.1, 0.15) is 5.69 Å². The van der Waals surface area contributed by atoms with Gasteiger partial charge in [0, 0.05) is 19.0 Å². The first-order valence-electron chi connectivity index (χ1n) is 5.80. The summed E-state index contributed by atoms with van der Waals surface area (Å²) in [5.41, 5.74) is 6.82. The molecule has 1 amide bonds. The zero-order valence-electron chi connectivity index (χ0n) is 9.57. The molecule has 2 heterocycles. The van der Waals surface area contributed by atoms with Gasteiger partial charge in [-0.2, -0.15) is 5.10 Å². The molecular formula is C11H18N4O. The van der Waals surface area contributed by atoms with E-state index in [0.29, 0.717) is 18.2 Å². The maximum Gasteiger partial charge on any atom is 0.266 e. The molecule has 16 heavy (non-hydrogen) atoms. The summed E-state index contributed by atoms with van der Waals surface area (Å²) >= 11 is 0. The van der Waals surface area contributed by atoms with Crippen LogP contribution in [0.3, 0.4) is 0 Å². The smallest absolute Gasteiger partial charge is 0.266 e. The van der Waals surface area contributed by atoms with Crippen LogP contribution in [0.15, 0.2) is 6.07 Å². The van der Waals surface area contributed by atoms with E-state index < -0.39 is 5.91 Å². The largest absolute Gasteiger partial charge is 0.364 e. The fraction of sp³-hybridized carbons (Fsp3) is 0.636. The molecule has 5 nitrogen and oxygen atoms in total. The van der Waals surface area contributed by atoms with Gasteiger partial charge in [-0.25, -0.2) is 0 Å². The molecular weight excluding hydrogens is 204 g/mol. The lowest BCUT2D eigenvalue weighted by atomic mass is 9.96. The molecule has 0 aromatic carbocycles. The quantitative estimate of drug-likeness (QED) is 0.780. The third-order valence-electron chi connectivity index (χ3n) is 3.07. The second kappa shape index (κ2) is 4.65. The average Bonchev–Trinajstić information content (AvgIpc) is 2.74. The van der Waals surface area contributed by atoms with Gasteiger partial charge in [0.15, 0.2) is 0 Å². The summed E-state index contributed by atoms with van der Waals surface area (Å²) in [6.07, 6.45) is 2.29. The van der Waals surface area contributed by atoms with Gasteiger partial charge in [-0.3, -0.25) is 9.48 Å². The van der Waals surface area contributed by atoms with Crippen LogP contribution in [0.2, 0.25) is 0 Å². The van der Waals surface area contributed by atoms with E-state index in [1.54, 1.807) is 4.68 Å². The number of hydrogen-bond acceptors (Lipinski definition) is 3. The predicted molar refractivity (Wildman–Crippen MR) is 61.3 cm³/mol. The average molecular weight is 222 g/mol. The van der Waals surface area contributed by atoms with Gasteiger partial charge >= 0.3 is 0 Å². The van der Waals surface area contributed by atoms with Crippen LogP contribution in [-0.2, 0) is 6.54 Å². The summed E-state index contributed by atoms with van der Waals surface area (Å²) in [7, 11) is 0. The Hall–Kier alpha value is -1.36. The summed E-state index contributed by atoms with van der Waals surface area (Å²) in [6.45, 7) is 4.66. The third kappa shape index (κ3) is 2.09. The highest BCUT2D eigenvalue weighted by atomic mass is 16.1. The van der Waals surface area contributed by atoms with E-state index in [-0.39, 0.29) is 0 Å². The Morgan fingerprint density at radius 1 is 1.75 bits per heavy atom. The Balaban J connectivity index is 2.24. The molecule has 1 aromatic heterocycles. The summed E-state index contributed by atoms with van der Waals surface area (Å²) in [6, 6.07) is 1.84. The zero-order valence-corrected chi connectivity index (χ0v) is 9.57. The number of amides is 1. The molecule has 1 unspecified atom stereocenters. The summed E-state index contributed by atoms with van der Waals surface area (Å²) < 4.78 is 1.69. The second-order valence-corrected chi connectivity index (χ2v) is 4.18. The summed E-state index contributed by atoms with van der Waals surface area (Å²) in [4.78, 5) is 11.2. The van der Waals surface area contributed by atoms with Gasteiger partial charge in [-0.1, -0.05) is 0 Å². The lowest BCUT2D eigenvalue weighted by Crippen LogP contribution is -2.28. The van der Waals surface area contributed by atoms with Crippen molar-refractivity contribution in [2.24, 2.45) is 5.73 Å². The molecule has 0 radical (unpaired) electrons. The molecule has 88 valence electrons. The monoisotopic (exact) mass is 222 g/mol. The van der Waals surface area contributed by atoms with E-state index >= 15 is 0 Å². The minimum absolute atomic E-state index is 0.399. The maximum atomic E-state index is 11.2. The van der Waals surface area contributed by atoms with Crippen molar-refractivity contribution in [2.45, 2.75) is 32.2 Å². The number of aromatic nitrogens is 2. The highest BCUT2D eigenvalue weighted by Crippen LogP contribution is 2.22. The number of piperidine rings is 1. The molecule has 1 atom stereocenters. The number of primary amides is 1. The third-order valence-corrected chi connectivity index (χ3v) is 3.07. The number of hydrogen-bond donors (Lipinski definition) is 2. The number of rotatable bonds is 3. The minimum atomic E-state index is -0.399. The van der Waals surface area contributed by atoms with E-state index in [9.17, 15) is 4.79 Å². The Morgan fingerprint density at radius 3 is 3.06 bits per heavy atom. The van der Waals surface area contributed by atoms with Crippen LogP contribution in [0.4, 0.5) is 0 Å². The van der Waals surface area contributed by atoms with Crippen LogP contribution >= 0.6 is 0 Å². The number of nitrogens with two attached hydrogens (primary N) is 1. The van der Waals surface area contributed by atoms with E-state index in [2.05, 4.69) is 10.4 Å². The SMILES string of the molecule is CCn1nc(C2CCCNC2)cc1C(N)=O. The van der Waals surface area contributed by atoms with E-state index in [0.717, 1.165) is 31.6 Å². The number of nitrogens with one attached hydrogen (secondary N) is 1. The molecule has 1 aromatic rings. The first-order valence-corrected chi connectivity index (χ1v) is 5.80. The van der Waals surface area contributed by atoms with Crippen LogP contribution in [0.1, 0.15) is 41.9 Å². The molecule has 2 rings (SSSR count). The number of carbonyl (C=O) groups is 1. The topological polar surface area (TPSA) is 72.9 Å². The van der Waals surface area contributed by atoms with Gasteiger partial charge in [0.05, 0.1) is 5.69 Å². The lowest BCUT2D eigenvalue weighted by Gasteiger charge is -2.20. The Bertz CT molecular complexity index is 379. The van der Waals surface area contributed by atoms with Crippen LogP contribution in [0.25, 0.3) is 0 Å². The van der Waals surface area contributed by atoms with Gasteiger partial charge in [-0.15, -0.1) is 0 Å². The van der Waals surface area contributed by atoms with Gasteiger partial charge in [0.25, 0.3) is 5.91 Å². The van der Waals surface area contributed by atoms with Crippen molar-refractivity contribution in [3.63, 3.8) is 0 Å². The van der Waals surface area contributed by atoms with E-state index in [1.807, 2.05) is 13.0 Å². The molecule has 0 spiro atoms. The van der Waals surface area contributed by atoms with E-state index in [1.165, 1.54) is 0 Å². The van der Waals surface area contributed by atoms with Crippen molar-refractivity contribution in [1.82, 2.24) is 15.1 Å². The van der Waals surface area contributed by atoms with Crippen molar-refractivity contribution in [1.29, 1.82) is 0 Å². The zero-order chi connectivity index (χ0) is 11.5. The molecule has 1 aliphatic heterocycles. The number of aryl methyl sites for hydroxylation is 1. The number of carbonyl (C=O) groups excluding carboxylic acids is 1. The Kier molecular flexibility index (Phi) is 3.24. The van der Waals surface area contributed by atoms with Crippen LogP contribution in [0.5, 0.6) is 0 Å². The summed E-state index contributed by atoms with van der Waals surface area (Å²) in [5, 5.41) is 7.79. The molecule has 5 heteroatoms. The molecule has 1 fully saturated rings. The van der Waals surface area contributed by atoms with Crippen LogP contribution in [0, 0.1) is 0 Å². The van der Waals surface area contributed by atoms with Crippen LogP contribution in [-0.4, -0.2) is 28.8 Å². The predicted octanol–water partition coefficient (Wildman–Crippen LogP) is 0.469. The fourth-order valence-electron chi connectivity index (χ4n) is 2.18. The molecule has 3 N–H and O–H groups in total. The normalized spacial score (nSPS) is 20.9. The second-order valence-electron chi connectivity index (χ2n) is 4.18. The summed E-state index contributed by atoms with van der Waals surface area (Å²) in [5.74, 6) is 0.0176. The standard InChI is InChI=1S/C11H18N4O/c1-2-15-10(11(12)16)6-9(14-15)8-4-3-5-13-7-8/h6,8,13H,2-5,7H2,1H3,(H2,12,16). The fourth-order valence-corrected chi connectivity index (χ4v) is 2.18. The minimum Gasteiger partial charge on any atom is -0.364 e. The van der Waals surface area contributed by atoms with Gasteiger partial charge in [-0.05, 0) is 32.4 Å². The highest BCUT2D eigenvalue weighted by Gasteiger charge is 2.20. The van der Waals surface area contributed by atoms with E-state index in [4.69, 9.17) is 5.73 Å². The van der Waals surface area contributed by atoms with Crippen molar-refractivity contribution in [3.05, 3.63) is 17.5 Å². The Labute approximate surface area is 95.0 Å².